The van der Waals surface area contributed by atoms with Crippen molar-refractivity contribution >= 4 is 8.32 Å². The topological polar surface area (TPSA) is 21.3 Å². The monoisotopic (exact) mass is 547 g/mol. The molecule has 0 aromatic carbocycles. The summed E-state index contributed by atoms with van der Waals surface area (Å²) >= 11 is 0. The van der Waals surface area contributed by atoms with Gasteiger partial charge in [0, 0.05) is 6.54 Å². The summed E-state index contributed by atoms with van der Waals surface area (Å²) in [5, 5.41) is 0.901. The summed E-state index contributed by atoms with van der Waals surface area (Å²) in [5.74, 6) is -37.3. The summed E-state index contributed by atoms with van der Waals surface area (Å²) in [6.07, 6.45) is -8.77. The molecule has 204 valence electrons. The lowest BCUT2D eigenvalue weighted by Crippen LogP contribution is -2.74. The molecule has 0 spiro atoms. The number of nitrogens with one attached hydrogen (secondary N) is 1. The highest BCUT2D eigenvalue weighted by atomic mass is 28.4. The Morgan fingerprint density at radius 3 is 1.47 bits per heavy atom. The molecule has 0 radical (unpaired) electrons. The minimum absolute atomic E-state index is 0.714. The number of halogens is 13. The first-order chi connectivity index (χ1) is 14.6. The molecule has 16 heteroatoms. The first-order valence-electron chi connectivity index (χ1n) is 9.55. The van der Waals surface area contributed by atoms with Gasteiger partial charge in [0.1, 0.15) is 6.04 Å². The van der Waals surface area contributed by atoms with Crippen LogP contribution in [0, 0.1) is 0 Å². The molecule has 2 atom stereocenters. The maximum atomic E-state index is 14.8. The van der Waals surface area contributed by atoms with Crippen molar-refractivity contribution in [3.05, 3.63) is 12.7 Å². The van der Waals surface area contributed by atoms with Crippen molar-refractivity contribution in [2.75, 3.05) is 6.54 Å². The first kappa shape index (κ1) is 33.0. The molecule has 0 rings (SSSR count). The third-order valence-electron chi connectivity index (χ3n) is 5.59. The zero-order valence-electron chi connectivity index (χ0n) is 19.0. The summed E-state index contributed by atoms with van der Waals surface area (Å²) < 4.78 is 181. The lowest BCUT2D eigenvalue weighted by Gasteiger charge is -2.45. The average Bonchev–Trinajstić information content (AvgIpc) is 2.58. The van der Waals surface area contributed by atoms with E-state index in [9.17, 15) is 57.1 Å². The predicted octanol–water partition coefficient (Wildman–Crippen LogP) is 7.28. The number of rotatable bonds is 11. The van der Waals surface area contributed by atoms with E-state index < -0.39 is 67.8 Å². The van der Waals surface area contributed by atoms with Gasteiger partial charge in [-0.15, -0.1) is 6.58 Å². The second kappa shape index (κ2) is 9.45. The Balaban J connectivity index is 6.67. The van der Waals surface area contributed by atoms with Crippen molar-refractivity contribution in [3.63, 3.8) is 0 Å². The fraction of sp³-hybridized carbons (Fsp3) is 0.889. The van der Waals surface area contributed by atoms with Gasteiger partial charge in [-0.3, -0.25) is 0 Å². The maximum absolute atomic E-state index is 14.8. The highest BCUT2D eigenvalue weighted by molar-refractivity contribution is 6.74. The minimum Gasteiger partial charge on any atom is -0.412 e. The first-order valence-corrected chi connectivity index (χ1v) is 12.5. The summed E-state index contributed by atoms with van der Waals surface area (Å²) in [4.78, 5) is 0. The van der Waals surface area contributed by atoms with E-state index in [0.717, 1.165) is 6.08 Å². The van der Waals surface area contributed by atoms with Gasteiger partial charge in [-0.1, -0.05) is 26.8 Å². The van der Waals surface area contributed by atoms with Crippen LogP contribution in [0.3, 0.4) is 0 Å². The summed E-state index contributed by atoms with van der Waals surface area (Å²) in [7, 11) is -3.09. The highest BCUT2D eigenvalue weighted by Gasteiger charge is 2.91. The molecule has 0 aliphatic rings. The molecular formula is C18H26F13NOSi. The standard InChI is InChI=1S/C18H26F13NOSi/c1-8-9-32-11(10(2)33-34(6,7)12(3,4)5)13(19,20)14(21,22)15(23,24)16(25,26)17(27,28)18(29,30)31/h8,10-11,32H,1,9H2,2-7H3/t10-,11+/m0/s1. The molecule has 0 aromatic heterocycles. The smallest absolute Gasteiger partial charge is 0.412 e. The van der Waals surface area contributed by atoms with Gasteiger partial charge in [0.2, 0.25) is 0 Å². The molecule has 0 aliphatic heterocycles. The Morgan fingerprint density at radius 2 is 1.15 bits per heavy atom. The van der Waals surface area contributed by atoms with E-state index in [2.05, 4.69) is 6.58 Å². The van der Waals surface area contributed by atoms with Gasteiger partial charge < -0.3 is 9.74 Å². The van der Waals surface area contributed by atoms with Gasteiger partial charge in [0.15, 0.2) is 8.32 Å². The minimum atomic E-state index is -7.95. The third-order valence-corrected chi connectivity index (χ3v) is 10.2. The quantitative estimate of drug-likeness (QED) is 0.167. The summed E-state index contributed by atoms with van der Waals surface area (Å²) in [6.45, 7) is 10.6. The van der Waals surface area contributed by atoms with E-state index in [1.165, 1.54) is 13.1 Å². The normalized spacial score (nSPS) is 17.5. The summed E-state index contributed by atoms with van der Waals surface area (Å²) in [6, 6.07) is -3.23. The van der Waals surface area contributed by atoms with E-state index in [4.69, 9.17) is 4.43 Å². The van der Waals surface area contributed by atoms with Crippen LogP contribution in [0.1, 0.15) is 27.7 Å². The Labute approximate surface area is 189 Å². The molecular weight excluding hydrogens is 521 g/mol. The molecule has 0 heterocycles. The van der Waals surface area contributed by atoms with Gasteiger partial charge in [0.05, 0.1) is 6.10 Å². The van der Waals surface area contributed by atoms with Gasteiger partial charge in [-0.05, 0) is 25.1 Å². The molecule has 2 nitrogen and oxygen atoms in total. The molecule has 0 saturated heterocycles. The Kier molecular flexibility index (Phi) is 9.16. The molecule has 34 heavy (non-hydrogen) atoms. The molecule has 0 aliphatic carbocycles. The SMILES string of the molecule is C=CCN[C@H]([C@H](C)O[Si](C)(C)C(C)(C)C)C(F)(F)C(F)(F)C(F)(F)C(F)(F)C(F)(F)C(F)(F)F. The van der Waals surface area contributed by atoms with Crippen LogP contribution in [-0.2, 0) is 4.43 Å². The molecule has 0 unspecified atom stereocenters. The second-order valence-electron chi connectivity index (χ2n) is 9.18. The molecule has 0 aromatic rings. The molecule has 0 bridgehead atoms. The van der Waals surface area contributed by atoms with Crippen molar-refractivity contribution < 1.29 is 61.5 Å². The average molecular weight is 547 g/mol. The molecule has 0 amide bonds. The predicted molar refractivity (Wildman–Crippen MR) is 101 cm³/mol. The van der Waals surface area contributed by atoms with E-state index in [1.807, 2.05) is 0 Å². The molecule has 0 saturated carbocycles. The van der Waals surface area contributed by atoms with Crippen LogP contribution in [0.4, 0.5) is 57.1 Å². The number of hydrogen-bond donors (Lipinski definition) is 1. The fourth-order valence-corrected chi connectivity index (χ4v) is 3.90. The van der Waals surface area contributed by atoms with Crippen LogP contribution < -0.4 is 5.32 Å². The Morgan fingerprint density at radius 1 is 0.765 bits per heavy atom. The third kappa shape index (κ3) is 5.37. The number of hydrogen-bond acceptors (Lipinski definition) is 2. The van der Waals surface area contributed by atoms with Crippen molar-refractivity contribution in [2.45, 2.75) is 93.8 Å². The molecule has 0 fully saturated rings. The lowest BCUT2D eigenvalue weighted by atomic mass is 9.89. The van der Waals surface area contributed by atoms with E-state index in [0.29, 0.717) is 6.92 Å². The largest absolute Gasteiger partial charge is 0.460 e. The van der Waals surface area contributed by atoms with E-state index in [1.54, 1.807) is 26.1 Å². The van der Waals surface area contributed by atoms with Crippen LogP contribution in [0.25, 0.3) is 0 Å². The van der Waals surface area contributed by atoms with Gasteiger partial charge >= 0.3 is 35.8 Å². The fourth-order valence-electron chi connectivity index (χ4n) is 2.49. The van der Waals surface area contributed by atoms with Crippen molar-refractivity contribution in [1.29, 1.82) is 0 Å². The highest BCUT2D eigenvalue weighted by Crippen LogP contribution is 2.61. The van der Waals surface area contributed by atoms with Gasteiger partial charge in [0.25, 0.3) is 0 Å². The van der Waals surface area contributed by atoms with Crippen LogP contribution in [0.2, 0.25) is 18.1 Å². The second-order valence-corrected chi connectivity index (χ2v) is 13.9. The maximum Gasteiger partial charge on any atom is 0.460 e. The zero-order valence-corrected chi connectivity index (χ0v) is 20.0. The van der Waals surface area contributed by atoms with Gasteiger partial charge in [-0.2, -0.15) is 57.1 Å². The molecule has 1 N–H and O–H groups in total. The lowest BCUT2D eigenvalue weighted by molar-refractivity contribution is -0.442. The Bertz CT molecular complexity index is 714. The Hall–Kier alpha value is -1.03. The van der Waals surface area contributed by atoms with Crippen molar-refractivity contribution in [1.82, 2.24) is 5.32 Å². The van der Waals surface area contributed by atoms with Crippen LogP contribution in [0.15, 0.2) is 12.7 Å². The van der Waals surface area contributed by atoms with E-state index >= 15 is 0 Å². The number of alkyl halides is 13. The van der Waals surface area contributed by atoms with E-state index in [-0.39, 0.29) is 0 Å². The van der Waals surface area contributed by atoms with Crippen molar-refractivity contribution in [3.8, 4) is 0 Å². The van der Waals surface area contributed by atoms with Gasteiger partial charge in [-0.25, -0.2) is 0 Å². The van der Waals surface area contributed by atoms with Crippen LogP contribution in [0.5, 0.6) is 0 Å². The van der Waals surface area contributed by atoms with Crippen LogP contribution >= 0.6 is 0 Å². The summed E-state index contributed by atoms with van der Waals surface area (Å²) in [5.41, 5.74) is 0. The zero-order chi connectivity index (χ0) is 28.0. The van der Waals surface area contributed by atoms with Crippen molar-refractivity contribution in [2.24, 2.45) is 0 Å². The van der Waals surface area contributed by atoms with Crippen LogP contribution in [-0.4, -0.2) is 62.8 Å².